The summed E-state index contributed by atoms with van der Waals surface area (Å²) in [6, 6.07) is 7.86. The molecule has 0 radical (unpaired) electrons. The number of pyridine rings is 1. The van der Waals surface area contributed by atoms with Gasteiger partial charge < -0.3 is 14.4 Å². The number of aromatic nitrogens is 3. The van der Waals surface area contributed by atoms with Crippen LogP contribution < -0.4 is 4.90 Å². The molecule has 0 aliphatic carbocycles. The molecule has 3 heterocycles. The van der Waals surface area contributed by atoms with Crippen LogP contribution in [0.4, 0.5) is 5.69 Å². The number of rotatable bonds is 4. The molecule has 0 N–H and O–H groups in total. The number of fused-ring (bicyclic) bond motifs is 1. The van der Waals surface area contributed by atoms with Gasteiger partial charge in [-0.2, -0.15) is 5.10 Å². The van der Waals surface area contributed by atoms with Crippen molar-refractivity contribution in [3.63, 3.8) is 0 Å². The molecule has 4 rings (SSSR count). The maximum atomic E-state index is 12.7. The van der Waals surface area contributed by atoms with E-state index in [0.717, 1.165) is 22.2 Å². The largest absolute Gasteiger partial charge is 0.462 e. The van der Waals surface area contributed by atoms with Gasteiger partial charge >= 0.3 is 5.97 Å². The van der Waals surface area contributed by atoms with Crippen LogP contribution in [-0.4, -0.2) is 47.0 Å². The molecule has 146 valence electrons. The van der Waals surface area contributed by atoms with E-state index in [0.29, 0.717) is 31.9 Å². The van der Waals surface area contributed by atoms with E-state index in [9.17, 15) is 4.79 Å². The first-order valence-corrected chi connectivity index (χ1v) is 9.45. The third-order valence-electron chi connectivity index (χ3n) is 5.15. The quantitative estimate of drug-likeness (QED) is 0.648. The molecule has 3 aromatic rings. The van der Waals surface area contributed by atoms with E-state index in [1.165, 1.54) is 0 Å². The van der Waals surface area contributed by atoms with Gasteiger partial charge in [-0.1, -0.05) is 18.2 Å². The molecule has 1 unspecified atom stereocenters. The predicted octanol–water partition coefficient (Wildman–Crippen LogP) is 2.90. The summed E-state index contributed by atoms with van der Waals surface area (Å²) in [6.07, 6.45) is 5.42. The Morgan fingerprint density at radius 3 is 2.89 bits per heavy atom. The van der Waals surface area contributed by atoms with Gasteiger partial charge in [0.15, 0.2) is 0 Å². The van der Waals surface area contributed by atoms with E-state index in [1.807, 2.05) is 43.7 Å². The van der Waals surface area contributed by atoms with Crippen molar-refractivity contribution in [2.75, 3.05) is 31.2 Å². The van der Waals surface area contributed by atoms with Crippen molar-refractivity contribution in [1.29, 1.82) is 0 Å². The lowest BCUT2D eigenvalue weighted by atomic mass is 9.95. The highest BCUT2D eigenvalue weighted by atomic mass is 16.5. The Labute approximate surface area is 163 Å². The Morgan fingerprint density at radius 2 is 2.14 bits per heavy atom. The Bertz CT molecular complexity index is 1020. The number of ether oxygens (including phenoxy) is 2. The van der Waals surface area contributed by atoms with Crippen LogP contribution in [0.1, 0.15) is 29.8 Å². The van der Waals surface area contributed by atoms with Crippen molar-refractivity contribution in [3.8, 4) is 0 Å². The second kappa shape index (κ2) is 7.24. The number of morpholine rings is 1. The zero-order valence-electron chi connectivity index (χ0n) is 16.4. The average molecular weight is 380 g/mol. The number of anilines is 1. The summed E-state index contributed by atoms with van der Waals surface area (Å²) in [5.41, 5.74) is 2.66. The molecule has 7 heteroatoms. The second-order valence-corrected chi connectivity index (χ2v) is 7.16. The van der Waals surface area contributed by atoms with Gasteiger partial charge in [0.05, 0.1) is 37.2 Å². The minimum Gasteiger partial charge on any atom is -0.462 e. The van der Waals surface area contributed by atoms with Crippen LogP contribution in [0.25, 0.3) is 10.9 Å². The van der Waals surface area contributed by atoms with E-state index < -0.39 is 5.60 Å². The molecule has 1 fully saturated rings. The first-order chi connectivity index (χ1) is 13.5. The Morgan fingerprint density at radius 1 is 1.32 bits per heavy atom. The summed E-state index contributed by atoms with van der Waals surface area (Å²) >= 11 is 0. The smallest absolute Gasteiger partial charge is 0.341 e. The number of benzene rings is 1. The van der Waals surface area contributed by atoms with Crippen molar-refractivity contribution in [2.45, 2.75) is 19.4 Å². The monoisotopic (exact) mass is 380 g/mol. The van der Waals surface area contributed by atoms with Gasteiger partial charge in [0.2, 0.25) is 0 Å². The van der Waals surface area contributed by atoms with Gasteiger partial charge in [-0.15, -0.1) is 0 Å². The van der Waals surface area contributed by atoms with E-state index in [-0.39, 0.29) is 5.97 Å². The number of hydrogen-bond acceptors (Lipinski definition) is 6. The molecule has 28 heavy (non-hydrogen) atoms. The molecule has 7 nitrogen and oxygen atoms in total. The van der Waals surface area contributed by atoms with E-state index in [2.05, 4.69) is 21.9 Å². The van der Waals surface area contributed by atoms with E-state index in [4.69, 9.17) is 9.47 Å². The molecule has 1 aliphatic heterocycles. The molecule has 0 saturated carbocycles. The number of para-hydroxylation sites is 1. The van der Waals surface area contributed by atoms with Crippen LogP contribution >= 0.6 is 0 Å². The van der Waals surface area contributed by atoms with Crippen LogP contribution in [0.2, 0.25) is 0 Å². The fourth-order valence-corrected chi connectivity index (χ4v) is 3.76. The summed E-state index contributed by atoms with van der Waals surface area (Å²) in [7, 11) is 1.89. The number of hydrogen-bond donors (Lipinski definition) is 0. The fraction of sp³-hybridized carbons (Fsp3) is 0.381. The summed E-state index contributed by atoms with van der Waals surface area (Å²) < 4.78 is 13.2. The topological polar surface area (TPSA) is 69.5 Å². The highest BCUT2D eigenvalue weighted by Gasteiger charge is 2.37. The normalized spacial score (nSPS) is 19.8. The van der Waals surface area contributed by atoms with E-state index >= 15 is 0 Å². The first-order valence-electron chi connectivity index (χ1n) is 9.45. The maximum Gasteiger partial charge on any atom is 0.341 e. The highest BCUT2D eigenvalue weighted by molar-refractivity contribution is 6.05. The number of aryl methyl sites for hydroxylation is 1. The van der Waals surface area contributed by atoms with Crippen molar-refractivity contribution in [3.05, 3.63) is 54.0 Å². The lowest BCUT2D eigenvalue weighted by molar-refractivity contribution is -0.0466. The maximum absolute atomic E-state index is 12.7. The average Bonchev–Trinajstić information content (AvgIpc) is 3.14. The molecule has 0 amide bonds. The zero-order valence-corrected chi connectivity index (χ0v) is 16.4. The van der Waals surface area contributed by atoms with Crippen molar-refractivity contribution >= 4 is 22.6 Å². The van der Waals surface area contributed by atoms with Gasteiger partial charge in [0.1, 0.15) is 11.2 Å². The fourth-order valence-electron chi connectivity index (χ4n) is 3.76. The van der Waals surface area contributed by atoms with Gasteiger partial charge in [0.25, 0.3) is 0 Å². The summed E-state index contributed by atoms with van der Waals surface area (Å²) in [5, 5.41) is 5.22. The third kappa shape index (κ3) is 3.22. The van der Waals surface area contributed by atoms with Crippen LogP contribution in [0.15, 0.2) is 42.9 Å². The van der Waals surface area contributed by atoms with Crippen LogP contribution in [0, 0.1) is 0 Å². The van der Waals surface area contributed by atoms with Gasteiger partial charge in [-0.05, 0) is 19.9 Å². The van der Waals surface area contributed by atoms with Crippen LogP contribution in [0.3, 0.4) is 0 Å². The molecule has 1 atom stereocenters. The summed E-state index contributed by atoms with van der Waals surface area (Å²) in [6.45, 7) is 6.01. The molecular formula is C21H24N4O3. The van der Waals surface area contributed by atoms with Crippen molar-refractivity contribution in [2.24, 2.45) is 7.05 Å². The van der Waals surface area contributed by atoms with Gasteiger partial charge in [0, 0.05) is 36.9 Å². The first kappa shape index (κ1) is 18.4. The van der Waals surface area contributed by atoms with Gasteiger partial charge in [-0.3, -0.25) is 9.67 Å². The van der Waals surface area contributed by atoms with Crippen LogP contribution in [-0.2, 0) is 22.1 Å². The number of nitrogens with zero attached hydrogens (tertiary/aromatic N) is 4. The van der Waals surface area contributed by atoms with Crippen molar-refractivity contribution < 1.29 is 14.3 Å². The minimum absolute atomic E-state index is 0.321. The molecule has 1 saturated heterocycles. The minimum atomic E-state index is -0.525. The molecule has 1 aliphatic rings. The molecule has 1 aromatic carbocycles. The highest BCUT2D eigenvalue weighted by Crippen LogP contribution is 2.36. The second-order valence-electron chi connectivity index (χ2n) is 7.16. The van der Waals surface area contributed by atoms with Crippen molar-refractivity contribution in [1.82, 2.24) is 14.8 Å². The number of carbonyl (C=O) groups is 1. The Balaban J connectivity index is 1.80. The lowest BCUT2D eigenvalue weighted by Gasteiger charge is -2.42. The zero-order chi connectivity index (χ0) is 19.7. The Hall–Kier alpha value is -2.93. The summed E-state index contributed by atoms with van der Waals surface area (Å²) in [5.74, 6) is -0.356. The third-order valence-corrected chi connectivity index (χ3v) is 5.15. The molecule has 2 aromatic heterocycles. The molecule has 0 bridgehead atoms. The standard InChI is InChI=1S/C21H24N4O3/c1-4-27-20(26)17-12-22-18-8-6-5-7-16(18)19(17)25-9-10-28-21(2,14-25)15-11-23-24(3)13-15/h5-8,11-13H,4,9-10,14H2,1-3H3. The molecule has 0 spiro atoms. The summed E-state index contributed by atoms with van der Waals surface area (Å²) in [4.78, 5) is 19.3. The van der Waals surface area contributed by atoms with Crippen LogP contribution in [0.5, 0.6) is 0 Å². The number of esters is 1. The molecular weight excluding hydrogens is 356 g/mol. The Kier molecular flexibility index (Phi) is 4.77. The number of carbonyl (C=O) groups excluding carboxylic acids is 1. The SMILES string of the molecule is CCOC(=O)c1cnc2ccccc2c1N1CCOC(C)(c2cnn(C)c2)C1. The van der Waals surface area contributed by atoms with E-state index in [1.54, 1.807) is 17.8 Å². The van der Waals surface area contributed by atoms with Gasteiger partial charge in [-0.25, -0.2) is 4.79 Å². The lowest BCUT2D eigenvalue weighted by Crippen LogP contribution is -2.48. The predicted molar refractivity (Wildman–Crippen MR) is 106 cm³/mol.